The third kappa shape index (κ3) is 2.92. The fraction of sp³-hybridized carbons (Fsp3) is 1.00. The molecule has 2 saturated heterocycles. The molecule has 0 spiro atoms. The lowest BCUT2D eigenvalue weighted by atomic mass is 9.49. The first kappa shape index (κ1) is 18.0. The molecule has 7 heteroatoms. The molecule has 0 aromatic heterocycles. The molecule has 2 aliphatic heterocycles. The Balaban J connectivity index is 0.000000956. The van der Waals surface area contributed by atoms with Crippen LogP contribution in [0.15, 0.2) is 0 Å². The Kier molecular flexibility index (Phi) is 4.75. The predicted molar refractivity (Wildman–Crippen MR) is 80.3 cm³/mol. The van der Waals surface area contributed by atoms with Crippen LogP contribution >= 0.6 is 0 Å². The number of hydrogen-bond donors (Lipinski definition) is 1. The highest BCUT2D eigenvalue weighted by molar-refractivity contribution is 7.11. The first-order valence-corrected chi connectivity index (χ1v) is 7.04. The molecule has 0 atom stereocenters. The van der Waals surface area contributed by atoms with Crippen molar-refractivity contribution in [1.29, 1.82) is 0 Å². The van der Waals surface area contributed by atoms with Gasteiger partial charge in [-0.05, 0) is 55.4 Å². The fourth-order valence-electron chi connectivity index (χ4n) is 2.00. The second-order valence-corrected chi connectivity index (χ2v) is 7.25. The van der Waals surface area contributed by atoms with Crippen LogP contribution in [0.5, 0.6) is 0 Å². The molecular weight excluding hydrogens is 258 g/mol. The average Bonchev–Trinajstić information content (AvgIpc) is 2.61. The minimum absolute atomic E-state index is 0.360. The van der Waals surface area contributed by atoms with Crippen LogP contribution < -0.4 is 0 Å². The summed E-state index contributed by atoms with van der Waals surface area (Å²) in [6.07, 6.45) is 0. The molecule has 0 aromatic rings. The standard InChI is InChI=1S/C12H24B2O4.CH4O/c1-9(2)10(3,4)16-13(15-9)14-17-11(5,6)12(7,8)18-14;1-2/h1-8H3;2H,1H3. The van der Waals surface area contributed by atoms with E-state index >= 15 is 0 Å². The van der Waals surface area contributed by atoms with Gasteiger partial charge in [0.05, 0.1) is 22.4 Å². The zero-order chi connectivity index (χ0) is 16.0. The van der Waals surface area contributed by atoms with Crippen LogP contribution in [0.1, 0.15) is 55.4 Å². The Morgan fingerprint density at radius 3 is 0.800 bits per heavy atom. The Morgan fingerprint density at radius 1 is 0.500 bits per heavy atom. The van der Waals surface area contributed by atoms with Crippen LogP contribution in [0.4, 0.5) is 0 Å². The molecule has 116 valence electrons. The molecule has 0 bridgehead atoms. The zero-order valence-corrected chi connectivity index (χ0v) is 14.2. The van der Waals surface area contributed by atoms with Crippen molar-refractivity contribution >= 4 is 14.0 Å². The summed E-state index contributed by atoms with van der Waals surface area (Å²) in [4.78, 5) is 0. The van der Waals surface area contributed by atoms with Crippen LogP contribution in [0.25, 0.3) is 0 Å². The van der Waals surface area contributed by atoms with Crippen molar-refractivity contribution in [2.75, 3.05) is 7.11 Å². The second kappa shape index (κ2) is 5.29. The van der Waals surface area contributed by atoms with Crippen molar-refractivity contribution in [3.05, 3.63) is 0 Å². The van der Waals surface area contributed by atoms with Gasteiger partial charge in [-0.25, -0.2) is 0 Å². The molecule has 2 aliphatic rings. The third-order valence-corrected chi connectivity index (χ3v) is 4.77. The maximum Gasteiger partial charge on any atom is 0.488 e. The first-order valence-electron chi connectivity index (χ1n) is 7.04. The zero-order valence-electron chi connectivity index (χ0n) is 14.2. The van der Waals surface area contributed by atoms with E-state index in [9.17, 15) is 0 Å². The average molecular weight is 286 g/mol. The van der Waals surface area contributed by atoms with Gasteiger partial charge in [-0.15, -0.1) is 0 Å². The minimum Gasteiger partial charge on any atom is -0.405 e. The van der Waals surface area contributed by atoms with E-state index in [0.29, 0.717) is 0 Å². The Labute approximate surface area is 123 Å². The van der Waals surface area contributed by atoms with Crippen LogP contribution in [0.2, 0.25) is 0 Å². The number of hydrogen-bond acceptors (Lipinski definition) is 5. The van der Waals surface area contributed by atoms with E-state index in [1.54, 1.807) is 0 Å². The van der Waals surface area contributed by atoms with Crippen molar-refractivity contribution in [2.24, 2.45) is 0 Å². The summed E-state index contributed by atoms with van der Waals surface area (Å²) in [5.74, 6) is 0. The summed E-state index contributed by atoms with van der Waals surface area (Å²) < 4.78 is 23.8. The quantitative estimate of drug-likeness (QED) is 0.745. The number of aliphatic hydroxyl groups excluding tert-OH is 1. The van der Waals surface area contributed by atoms with Gasteiger partial charge in [-0.1, -0.05) is 0 Å². The Bertz CT molecular complexity index is 289. The van der Waals surface area contributed by atoms with Gasteiger partial charge >= 0.3 is 14.0 Å². The lowest BCUT2D eigenvalue weighted by Crippen LogP contribution is -2.41. The van der Waals surface area contributed by atoms with Gasteiger partial charge in [0.15, 0.2) is 0 Å². The van der Waals surface area contributed by atoms with Crippen LogP contribution in [0, 0.1) is 0 Å². The monoisotopic (exact) mass is 286 g/mol. The van der Waals surface area contributed by atoms with Crippen LogP contribution in [-0.4, -0.2) is 48.6 Å². The maximum absolute atomic E-state index is 7.00. The predicted octanol–water partition coefficient (Wildman–Crippen LogP) is 1.86. The van der Waals surface area contributed by atoms with Crippen molar-refractivity contribution in [2.45, 2.75) is 77.8 Å². The van der Waals surface area contributed by atoms with Gasteiger partial charge in [0.2, 0.25) is 0 Å². The van der Waals surface area contributed by atoms with E-state index in [2.05, 4.69) is 0 Å². The molecule has 1 N–H and O–H groups in total. The van der Waals surface area contributed by atoms with E-state index in [-0.39, 0.29) is 22.4 Å². The summed E-state index contributed by atoms with van der Waals surface area (Å²) in [7, 11) is 0.0482. The largest absolute Gasteiger partial charge is 0.488 e. The summed E-state index contributed by atoms with van der Waals surface area (Å²) in [5, 5.41) is 7.00. The molecular formula is C13H28B2O5. The fourth-order valence-corrected chi connectivity index (χ4v) is 2.00. The van der Waals surface area contributed by atoms with Gasteiger partial charge in [0.1, 0.15) is 0 Å². The third-order valence-electron chi connectivity index (χ3n) is 4.77. The maximum atomic E-state index is 7.00. The van der Waals surface area contributed by atoms with Crippen LogP contribution in [-0.2, 0) is 18.6 Å². The SMILES string of the molecule is CC1(C)OB(B2OC(C)(C)C(C)(C)O2)OC1(C)C.CO. The molecule has 2 fully saturated rings. The lowest BCUT2D eigenvalue weighted by molar-refractivity contribution is 0.00578. The molecule has 0 unspecified atom stereocenters. The van der Waals surface area contributed by atoms with Gasteiger partial charge < -0.3 is 23.7 Å². The number of rotatable bonds is 1. The second-order valence-electron chi connectivity index (χ2n) is 7.25. The van der Waals surface area contributed by atoms with Gasteiger partial charge in [0, 0.05) is 7.11 Å². The van der Waals surface area contributed by atoms with Crippen molar-refractivity contribution < 1.29 is 23.7 Å². The van der Waals surface area contributed by atoms with E-state index in [0.717, 1.165) is 7.11 Å². The highest BCUT2D eigenvalue weighted by Crippen LogP contribution is 2.42. The molecule has 2 rings (SSSR count). The topological polar surface area (TPSA) is 57.2 Å². The summed E-state index contributed by atoms with van der Waals surface area (Å²) in [6.45, 7) is 16.2. The van der Waals surface area contributed by atoms with E-state index in [4.69, 9.17) is 23.7 Å². The summed E-state index contributed by atoms with van der Waals surface area (Å²) in [5.41, 5.74) is -1.44. The van der Waals surface area contributed by atoms with E-state index in [1.165, 1.54) is 0 Å². The van der Waals surface area contributed by atoms with Crippen molar-refractivity contribution in [1.82, 2.24) is 0 Å². The van der Waals surface area contributed by atoms with Gasteiger partial charge in [0.25, 0.3) is 0 Å². The molecule has 20 heavy (non-hydrogen) atoms. The molecule has 5 nitrogen and oxygen atoms in total. The highest BCUT2D eigenvalue weighted by atomic mass is 16.7. The lowest BCUT2D eigenvalue weighted by Gasteiger charge is -2.32. The summed E-state index contributed by atoms with van der Waals surface area (Å²) in [6, 6.07) is 0. The smallest absolute Gasteiger partial charge is 0.405 e. The van der Waals surface area contributed by atoms with Gasteiger partial charge in [-0.3, -0.25) is 0 Å². The number of aliphatic hydroxyl groups is 1. The normalized spacial score (nSPS) is 29.1. The van der Waals surface area contributed by atoms with E-state index in [1.807, 2.05) is 55.4 Å². The van der Waals surface area contributed by atoms with E-state index < -0.39 is 14.0 Å². The molecule has 2 heterocycles. The van der Waals surface area contributed by atoms with Crippen LogP contribution in [0.3, 0.4) is 0 Å². The first-order chi connectivity index (χ1) is 8.88. The molecule has 0 aliphatic carbocycles. The minimum atomic E-state index is -0.476. The van der Waals surface area contributed by atoms with Crippen molar-refractivity contribution in [3.63, 3.8) is 0 Å². The van der Waals surface area contributed by atoms with Crippen molar-refractivity contribution in [3.8, 4) is 0 Å². The van der Waals surface area contributed by atoms with Gasteiger partial charge in [-0.2, -0.15) is 0 Å². The Morgan fingerprint density at radius 2 is 0.650 bits per heavy atom. The molecule has 0 radical (unpaired) electrons. The highest BCUT2D eigenvalue weighted by Gasteiger charge is 2.63. The Hall–Kier alpha value is -0.0701. The molecule has 0 saturated carbocycles. The molecule has 0 aromatic carbocycles. The summed E-state index contributed by atoms with van der Waals surface area (Å²) >= 11 is 0. The molecule has 0 amide bonds.